The summed E-state index contributed by atoms with van der Waals surface area (Å²) in [5.41, 5.74) is 2.22. The average molecular weight is 379 g/mol. The number of hydrogen-bond acceptors (Lipinski definition) is 3. The molecule has 0 aliphatic carbocycles. The molecule has 0 bridgehead atoms. The fraction of sp³-hybridized carbons (Fsp3) is 0.222. The number of amides is 3. The van der Waals surface area contributed by atoms with Crippen molar-refractivity contribution in [3.05, 3.63) is 53.6 Å². The van der Waals surface area contributed by atoms with Crippen molar-refractivity contribution in [2.24, 2.45) is 0 Å². The van der Waals surface area contributed by atoms with Gasteiger partial charge in [-0.15, -0.1) is 13.2 Å². The highest BCUT2D eigenvalue weighted by molar-refractivity contribution is 5.99. The van der Waals surface area contributed by atoms with E-state index in [1.807, 2.05) is 0 Å². The lowest BCUT2D eigenvalue weighted by molar-refractivity contribution is -0.274. The van der Waals surface area contributed by atoms with Crippen LogP contribution in [0, 0.1) is 0 Å². The minimum Gasteiger partial charge on any atom is -0.404 e. The summed E-state index contributed by atoms with van der Waals surface area (Å²) in [6.45, 7) is 1.73. The molecule has 0 saturated heterocycles. The first-order valence-electron chi connectivity index (χ1n) is 8.06. The highest BCUT2D eigenvalue weighted by Crippen LogP contribution is 2.30. The zero-order chi connectivity index (χ0) is 19.6. The summed E-state index contributed by atoms with van der Waals surface area (Å²) in [4.78, 5) is 23.6. The number of rotatable bonds is 4. The van der Waals surface area contributed by atoms with Crippen LogP contribution in [0.4, 0.5) is 29.3 Å². The maximum atomic E-state index is 12.4. The molecule has 9 heteroatoms. The van der Waals surface area contributed by atoms with E-state index in [2.05, 4.69) is 20.7 Å². The van der Waals surface area contributed by atoms with Crippen molar-refractivity contribution in [2.45, 2.75) is 25.7 Å². The lowest BCUT2D eigenvalue weighted by Crippen LogP contribution is -2.31. The molecule has 1 unspecified atom stereocenters. The number of carbonyl (C=O) groups is 2. The SMILES string of the molecule is CC(NC(=O)Nc1ccccc1OC(F)(F)F)c1ccc2c(c1)CC(=O)N2. The van der Waals surface area contributed by atoms with Crippen molar-refractivity contribution in [3.8, 4) is 5.75 Å². The molecule has 0 fully saturated rings. The number of carbonyl (C=O) groups excluding carboxylic acids is 2. The Morgan fingerprint density at radius 2 is 1.96 bits per heavy atom. The Morgan fingerprint density at radius 3 is 2.70 bits per heavy atom. The fourth-order valence-electron chi connectivity index (χ4n) is 2.74. The Bertz CT molecular complexity index is 884. The molecule has 2 aromatic rings. The second kappa shape index (κ2) is 7.18. The van der Waals surface area contributed by atoms with Crippen molar-refractivity contribution in [1.29, 1.82) is 0 Å². The maximum Gasteiger partial charge on any atom is 0.573 e. The van der Waals surface area contributed by atoms with Crippen LogP contribution in [0.25, 0.3) is 0 Å². The van der Waals surface area contributed by atoms with Gasteiger partial charge in [0.1, 0.15) is 0 Å². The van der Waals surface area contributed by atoms with Gasteiger partial charge in [-0.3, -0.25) is 4.79 Å². The minimum absolute atomic E-state index is 0.0956. The summed E-state index contributed by atoms with van der Waals surface area (Å²) >= 11 is 0. The molecule has 3 amide bonds. The summed E-state index contributed by atoms with van der Waals surface area (Å²) in [6, 6.07) is 9.46. The topological polar surface area (TPSA) is 79.5 Å². The Morgan fingerprint density at radius 1 is 1.22 bits per heavy atom. The van der Waals surface area contributed by atoms with Crippen molar-refractivity contribution in [3.63, 3.8) is 0 Å². The largest absolute Gasteiger partial charge is 0.573 e. The Kier molecular flexibility index (Phi) is 4.93. The quantitative estimate of drug-likeness (QED) is 0.752. The van der Waals surface area contributed by atoms with Crippen LogP contribution in [0.3, 0.4) is 0 Å². The number of halogens is 3. The number of hydrogen-bond donors (Lipinski definition) is 3. The first-order valence-corrected chi connectivity index (χ1v) is 8.06. The molecular weight excluding hydrogens is 363 g/mol. The number of para-hydroxylation sites is 2. The van der Waals surface area contributed by atoms with E-state index in [0.29, 0.717) is 0 Å². The van der Waals surface area contributed by atoms with Crippen LogP contribution in [0.15, 0.2) is 42.5 Å². The van der Waals surface area contributed by atoms with Gasteiger partial charge in [0.15, 0.2) is 5.75 Å². The van der Waals surface area contributed by atoms with Gasteiger partial charge in [-0.2, -0.15) is 0 Å². The molecule has 1 aliphatic rings. The molecule has 0 spiro atoms. The predicted molar refractivity (Wildman–Crippen MR) is 92.5 cm³/mol. The van der Waals surface area contributed by atoms with Gasteiger partial charge in [-0.05, 0) is 36.2 Å². The van der Waals surface area contributed by atoms with E-state index in [-0.39, 0.29) is 18.0 Å². The number of alkyl halides is 3. The number of benzene rings is 2. The number of nitrogens with one attached hydrogen (secondary N) is 3. The van der Waals surface area contributed by atoms with Crippen molar-refractivity contribution < 1.29 is 27.5 Å². The molecular formula is C18H16F3N3O3. The van der Waals surface area contributed by atoms with Crippen molar-refractivity contribution >= 4 is 23.3 Å². The van der Waals surface area contributed by atoms with E-state index < -0.39 is 24.2 Å². The lowest BCUT2D eigenvalue weighted by atomic mass is 10.0. The number of anilines is 2. The predicted octanol–water partition coefficient (Wildman–Crippen LogP) is 3.96. The summed E-state index contributed by atoms with van der Waals surface area (Å²) in [5, 5.41) is 7.71. The lowest BCUT2D eigenvalue weighted by Gasteiger charge is -2.18. The van der Waals surface area contributed by atoms with Crippen molar-refractivity contribution in [1.82, 2.24) is 5.32 Å². The summed E-state index contributed by atoms with van der Waals surface area (Å²) in [7, 11) is 0. The third-order valence-electron chi connectivity index (χ3n) is 3.96. The molecule has 3 rings (SSSR count). The third-order valence-corrected chi connectivity index (χ3v) is 3.96. The van der Waals surface area contributed by atoms with Crippen molar-refractivity contribution in [2.75, 3.05) is 10.6 Å². The molecule has 0 radical (unpaired) electrons. The van der Waals surface area contributed by atoms with E-state index >= 15 is 0 Å². The van der Waals surface area contributed by atoms with Gasteiger partial charge >= 0.3 is 12.4 Å². The van der Waals surface area contributed by atoms with Crippen LogP contribution in [0.5, 0.6) is 5.75 Å². The zero-order valence-electron chi connectivity index (χ0n) is 14.2. The van der Waals surface area contributed by atoms with Crippen LogP contribution < -0.4 is 20.7 Å². The Labute approximate surface area is 152 Å². The second-order valence-corrected chi connectivity index (χ2v) is 6.01. The average Bonchev–Trinajstić information content (AvgIpc) is 2.94. The summed E-state index contributed by atoms with van der Waals surface area (Å²) < 4.78 is 41.2. The smallest absolute Gasteiger partial charge is 0.404 e. The van der Waals surface area contributed by atoms with Crippen LogP contribution in [0.1, 0.15) is 24.1 Å². The molecule has 2 aromatic carbocycles. The van der Waals surface area contributed by atoms with Gasteiger partial charge < -0.3 is 20.7 Å². The maximum absolute atomic E-state index is 12.4. The highest BCUT2D eigenvalue weighted by Gasteiger charge is 2.32. The number of urea groups is 1. The first kappa shape index (κ1) is 18.6. The third kappa shape index (κ3) is 4.69. The monoisotopic (exact) mass is 379 g/mol. The van der Waals surface area contributed by atoms with Gasteiger partial charge in [-0.25, -0.2) is 4.79 Å². The summed E-state index contributed by atoms with van der Waals surface area (Å²) in [6.07, 6.45) is -4.60. The van der Waals surface area contributed by atoms with Gasteiger partial charge in [0.2, 0.25) is 5.91 Å². The van der Waals surface area contributed by atoms with E-state index in [1.165, 1.54) is 18.2 Å². The normalized spacial score (nSPS) is 14.1. The Hall–Kier alpha value is -3.23. The van der Waals surface area contributed by atoms with E-state index in [0.717, 1.165) is 22.9 Å². The van der Waals surface area contributed by atoms with Gasteiger partial charge in [0.05, 0.1) is 18.2 Å². The van der Waals surface area contributed by atoms with Crippen LogP contribution in [-0.2, 0) is 11.2 Å². The molecule has 142 valence electrons. The second-order valence-electron chi connectivity index (χ2n) is 6.01. The molecule has 1 atom stereocenters. The van der Waals surface area contributed by atoms with E-state index in [4.69, 9.17) is 0 Å². The number of fused-ring (bicyclic) bond motifs is 1. The highest BCUT2D eigenvalue weighted by atomic mass is 19.4. The van der Waals surface area contributed by atoms with Crippen LogP contribution in [-0.4, -0.2) is 18.3 Å². The molecule has 0 aromatic heterocycles. The van der Waals surface area contributed by atoms with Crippen LogP contribution in [0.2, 0.25) is 0 Å². The van der Waals surface area contributed by atoms with E-state index in [1.54, 1.807) is 25.1 Å². The standard InChI is InChI=1S/C18H16F3N3O3/c1-10(11-6-7-13-12(8-11)9-16(25)23-13)22-17(26)24-14-4-2-3-5-15(14)27-18(19,20)21/h2-8,10H,9H2,1H3,(H,23,25)(H2,22,24,26). The van der Waals surface area contributed by atoms with Crippen LogP contribution >= 0.6 is 0 Å². The Balaban J connectivity index is 1.66. The summed E-state index contributed by atoms with van der Waals surface area (Å²) in [5.74, 6) is -0.600. The molecule has 3 N–H and O–H groups in total. The fourth-order valence-corrected chi connectivity index (χ4v) is 2.74. The molecule has 0 saturated carbocycles. The van der Waals surface area contributed by atoms with Gasteiger partial charge in [0, 0.05) is 5.69 Å². The van der Waals surface area contributed by atoms with Gasteiger partial charge in [0.25, 0.3) is 0 Å². The molecule has 1 aliphatic heterocycles. The molecule has 1 heterocycles. The minimum atomic E-state index is -4.86. The zero-order valence-corrected chi connectivity index (χ0v) is 14.2. The molecule has 6 nitrogen and oxygen atoms in total. The van der Waals surface area contributed by atoms with E-state index in [9.17, 15) is 22.8 Å². The first-order chi connectivity index (χ1) is 12.7. The number of ether oxygens (including phenoxy) is 1. The molecule has 27 heavy (non-hydrogen) atoms. The van der Waals surface area contributed by atoms with Gasteiger partial charge in [-0.1, -0.05) is 24.3 Å².